The zero-order valence-corrected chi connectivity index (χ0v) is 15.2. The second-order valence-corrected chi connectivity index (χ2v) is 6.85. The van der Waals surface area contributed by atoms with E-state index < -0.39 is 5.97 Å². The molecule has 144 valence electrons. The number of hydrogen-bond acceptors (Lipinski definition) is 6. The fraction of sp³-hybridized carbons (Fsp3) is 0.889. The third-order valence-electron chi connectivity index (χ3n) is 4.69. The highest BCUT2D eigenvalue weighted by molar-refractivity contribution is 6.36. The van der Waals surface area contributed by atoms with Gasteiger partial charge in [-0.3, -0.25) is 10.1 Å². The van der Waals surface area contributed by atoms with Crippen LogP contribution in [-0.2, 0) is 9.53 Å². The average Bonchev–Trinajstić information content (AvgIpc) is 2.55. The molecule has 0 saturated heterocycles. The Balaban J connectivity index is 2.15. The normalized spacial score (nSPS) is 16.9. The maximum Gasteiger partial charge on any atom is 0.356 e. The van der Waals surface area contributed by atoms with Crippen LogP contribution in [0.3, 0.4) is 0 Å². The monoisotopic (exact) mass is 356 g/mol. The molecular formula is C18H32N2O5. The number of unbranched alkanes of at least 4 members (excludes halogenated alkanes) is 5. The van der Waals surface area contributed by atoms with Crippen molar-refractivity contribution in [3.8, 4) is 0 Å². The van der Waals surface area contributed by atoms with Crippen molar-refractivity contribution < 1.29 is 19.7 Å². The third-order valence-corrected chi connectivity index (χ3v) is 4.69. The summed E-state index contributed by atoms with van der Waals surface area (Å²) in [5.74, 6) is -0.487. The average molecular weight is 356 g/mol. The number of nitro groups is 1. The second-order valence-electron chi connectivity index (χ2n) is 6.85. The summed E-state index contributed by atoms with van der Waals surface area (Å²) in [6.07, 6.45) is 13.0. The van der Waals surface area contributed by atoms with Crippen LogP contribution in [-0.4, -0.2) is 34.5 Å². The van der Waals surface area contributed by atoms with E-state index in [1.165, 1.54) is 19.3 Å². The van der Waals surface area contributed by atoms with E-state index >= 15 is 0 Å². The number of oxime groups is 1. The van der Waals surface area contributed by atoms with Crippen LogP contribution in [0.15, 0.2) is 5.16 Å². The fourth-order valence-electron chi connectivity index (χ4n) is 3.19. The summed E-state index contributed by atoms with van der Waals surface area (Å²) >= 11 is 0. The van der Waals surface area contributed by atoms with E-state index in [-0.39, 0.29) is 23.3 Å². The molecule has 7 nitrogen and oxygen atoms in total. The minimum Gasteiger partial charge on any atom is -0.458 e. The topological polar surface area (TPSA) is 102 Å². The van der Waals surface area contributed by atoms with Gasteiger partial charge in [0.25, 0.3) is 0 Å². The number of ether oxygens (including phenoxy) is 1. The summed E-state index contributed by atoms with van der Waals surface area (Å²) in [6.45, 7) is 0.0360. The molecule has 0 atom stereocenters. The number of hydrogen-bond donors (Lipinski definition) is 1. The molecule has 0 unspecified atom stereocenters. The lowest BCUT2D eigenvalue weighted by Gasteiger charge is -2.20. The summed E-state index contributed by atoms with van der Waals surface area (Å²) in [4.78, 5) is 22.1. The molecule has 0 spiro atoms. The van der Waals surface area contributed by atoms with Crippen molar-refractivity contribution in [1.29, 1.82) is 0 Å². The van der Waals surface area contributed by atoms with Crippen LogP contribution >= 0.6 is 0 Å². The van der Waals surface area contributed by atoms with Crippen LogP contribution in [0.2, 0.25) is 0 Å². The molecule has 1 rings (SSSR count). The minimum atomic E-state index is -0.487. The SMILES string of the molecule is O=C(OC1CCCCCCC1)/C(CCCCCCCC[N+](=O)[O-])=N\O. The largest absolute Gasteiger partial charge is 0.458 e. The predicted octanol–water partition coefficient (Wildman–Crippen LogP) is 4.48. The molecule has 0 aromatic rings. The van der Waals surface area contributed by atoms with Crippen molar-refractivity contribution in [3.05, 3.63) is 10.1 Å². The molecule has 0 radical (unpaired) electrons. The molecule has 0 aromatic carbocycles. The second kappa shape index (κ2) is 13.6. The highest BCUT2D eigenvalue weighted by Gasteiger charge is 2.20. The van der Waals surface area contributed by atoms with Crippen LogP contribution in [0.1, 0.15) is 89.9 Å². The first-order chi connectivity index (χ1) is 12.1. The summed E-state index contributed by atoms with van der Waals surface area (Å²) in [6, 6.07) is 0. The van der Waals surface area contributed by atoms with E-state index in [4.69, 9.17) is 9.94 Å². The van der Waals surface area contributed by atoms with Crippen LogP contribution in [0, 0.1) is 10.1 Å². The van der Waals surface area contributed by atoms with Crippen molar-refractivity contribution in [3.63, 3.8) is 0 Å². The minimum absolute atomic E-state index is 0.0360. The number of esters is 1. The van der Waals surface area contributed by atoms with Gasteiger partial charge in [0.15, 0.2) is 5.71 Å². The number of nitrogens with zero attached hydrogens (tertiary/aromatic N) is 2. The van der Waals surface area contributed by atoms with Crippen LogP contribution in [0.25, 0.3) is 0 Å². The highest BCUT2D eigenvalue weighted by Crippen LogP contribution is 2.20. The lowest BCUT2D eigenvalue weighted by atomic mass is 9.98. The fourth-order valence-corrected chi connectivity index (χ4v) is 3.19. The predicted molar refractivity (Wildman–Crippen MR) is 95.6 cm³/mol. The number of carbonyl (C=O) groups is 1. The maximum atomic E-state index is 12.1. The zero-order chi connectivity index (χ0) is 18.3. The lowest BCUT2D eigenvalue weighted by Crippen LogP contribution is -2.25. The Kier molecular flexibility index (Phi) is 11.6. The Hall–Kier alpha value is -1.66. The smallest absolute Gasteiger partial charge is 0.356 e. The maximum absolute atomic E-state index is 12.1. The van der Waals surface area contributed by atoms with E-state index in [1.54, 1.807) is 0 Å². The molecule has 0 amide bonds. The molecule has 1 N–H and O–H groups in total. The van der Waals surface area contributed by atoms with Gasteiger partial charge in [-0.2, -0.15) is 0 Å². The first kappa shape index (κ1) is 21.4. The number of carbonyl (C=O) groups excluding carboxylic acids is 1. The molecule has 1 saturated carbocycles. The van der Waals surface area contributed by atoms with Crippen molar-refractivity contribution in [2.24, 2.45) is 5.16 Å². The van der Waals surface area contributed by atoms with Crippen molar-refractivity contribution >= 4 is 11.7 Å². The van der Waals surface area contributed by atoms with Gasteiger partial charge in [-0.05, 0) is 38.5 Å². The third kappa shape index (κ3) is 10.7. The molecule has 1 aliphatic rings. The van der Waals surface area contributed by atoms with Crippen LogP contribution in [0.5, 0.6) is 0 Å². The Morgan fingerprint density at radius 1 is 1.00 bits per heavy atom. The van der Waals surface area contributed by atoms with E-state index in [0.29, 0.717) is 12.8 Å². The quantitative estimate of drug-likeness (QED) is 0.147. The summed E-state index contributed by atoms with van der Waals surface area (Å²) in [5.41, 5.74) is 0.107. The van der Waals surface area contributed by atoms with Gasteiger partial charge in [0.05, 0.1) is 0 Å². The molecule has 1 fully saturated rings. The zero-order valence-electron chi connectivity index (χ0n) is 15.2. The van der Waals surface area contributed by atoms with E-state index in [1.807, 2.05) is 0 Å². The van der Waals surface area contributed by atoms with Gasteiger partial charge in [-0.15, -0.1) is 0 Å². The van der Waals surface area contributed by atoms with Gasteiger partial charge in [-0.25, -0.2) is 4.79 Å². The number of rotatable bonds is 11. The summed E-state index contributed by atoms with van der Waals surface area (Å²) in [7, 11) is 0. The van der Waals surface area contributed by atoms with Crippen molar-refractivity contribution in [2.75, 3.05) is 6.54 Å². The standard InChI is InChI=1S/C18H32N2O5/c21-18(25-16-12-8-4-3-5-9-13-16)17(19-22)14-10-6-1-2-7-11-15-20(23)24/h16,22H,1-15H2/b19-17-. The molecule has 25 heavy (non-hydrogen) atoms. The Morgan fingerprint density at radius 2 is 1.56 bits per heavy atom. The molecule has 7 heteroatoms. The molecule has 0 bridgehead atoms. The molecule has 1 aliphatic carbocycles. The summed E-state index contributed by atoms with van der Waals surface area (Å²) < 4.78 is 5.52. The van der Waals surface area contributed by atoms with Gasteiger partial charge in [0.2, 0.25) is 6.54 Å². The van der Waals surface area contributed by atoms with E-state index in [0.717, 1.165) is 57.8 Å². The highest BCUT2D eigenvalue weighted by atomic mass is 16.6. The first-order valence-electron chi connectivity index (χ1n) is 9.67. The van der Waals surface area contributed by atoms with Gasteiger partial charge < -0.3 is 9.94 Å². The van der Waals surface area contributed by atoms with E-state index in [2.05, 4.69) is 5.16 Å². The summed E-state index contributed by atoms with van der Waals surface area (Å²) in [5, 5.41) is 22.4. The van der Waals surface area contributed by atoms with E-state index in [9.17, 15) is 14.9 Å². The molecule has 0 aromatic heterocycles. The van der Waals surface area contributed by atoms with Gasteiger partial charge >= 0.3 is 5.97 Å². The molecular weight excluding hydrogens is 324 g/mol. The van der Waals surface area contributed by atoms with Crippen molar-refractivity contribution in [1.82, 2.24) is 0 Å². The Labute approximate surface area is 150 Å². The molecule has 0 heterocycles. The van der Waals surface area contributed by atoms with Crippen molar-refractivity contribution in [2.45, 2.75) is 96.0 Å². The van der Waals surface area contributed by atoms with Gasteiger partial charge in [0.1, 0.15) is 6.10 Å². The van der Waals surface area contributed by atoms with Crippen LogP contribution in [0.4, 0.5) is 0 Å². The van der Waals surface area contributed by atoms with Gasteiger partial charge in [0, 0.05) is 17.8 Å². The lowest BCUT2D eigenvalue weighted by molar-refractivity contribution is -0.480. The van der Waals surface area contributed by atoms with Gasteiger partial charge in [-0.1, -0.05) is 43.7 Å². The first-order valence-corrected chi connectivity index (χ1v) is 9.67. The Morgan fingerprint density at radius 3 is 2.16 bits per heavy atom. The van der Waals surface area contributed by atoms with Crippen LogP contribution < -0.4 is 0 Å². The Bertz CT molecular complexity index is 418. The molecule has 0 aliphatic heterocycles.